The maximum atomic E-state index is 11.9. The zero-order valence-corrected chi connectivity index (χ0v) is 15.0. The number of esters is 2. The average molecular weight is 332 g/mol. The lowest BCUT2D eigenvalue weighted by Crippen LogP contribution is -2.05. The van der Waals surface area contributed by atoms with Gasteiger partial charge in [-0.2, -0.15) is 0 Å². The van der Waals surface area contributed by atoms with Gasteiger partial charge >= 0.3 is 11.9 Å². The van der Waals surface area contributed by atoms with Crippen LogP contribution < -0.4 is 0 Å². The molecule has 0 fully saturated rings. The number of unbranched alkanes of at least 4 members (excludes halogenated alkanes) is 3. The van der Waals surface area contributed by atoms with Crippen LogP contribution in [-0.4, -0.2) is 25.2 Å². The van der Waals surface area contributed by atoms with Crippen LogP contribution in [0.4, 0.5) is 0 Å². The molecule has 132 valence electrons. The molecule has 0 unspecified atom stereocenters. The second-order valence-electron chi connectivity index (χ2n) is 5.53. The normalized spacial score (nSPS) is 11.2. The van der Waals surface area contributed by atoms with E-state index in [0.717, 1.165) is 36.8 Å². The van der Waals surface area contributed by atoms with E-state index in [0.29, 0.717) is 18.8 Å². The van der Waals surface area contributed by atoms with Gasteiger partial charge in [0.2, 0.25) is 0 Å². The minimum atomic E-state index is -0.346. The fourth-order valence-electron chi connectivity index (χ4n) is 2.43. The zero-order chi connectivity index (χ0) is 17.8. The largest absolute Gasteiger partial charge is 0.463 e. The first kappa shape index (κ1) is 19.9. The van der Waals surface area contributed by atoms with Crippen molar-refractivity contribution >= 4 is 17.5 Å². The molecule has 0 aliphatic rings. The third-order valence-corrected chi connectivity index (χ3v) is 3.62. The third-order valence-electron chi connectivity index (χ3n) is 3.62. The van der Waals surface area contributed by atoms with E-state index >= 15 is 0 Å². The van der Waals surface area contributed by atoms with Gasteiger partial charge in [-0.05, 0) is 50.0 Å². The SMILES string of the molecule is CCCCCC/C(=C/C(=O)OCC)c1cccc(C(=O)OCC)c1. The van der Waals surface area contributed by atoms with Crippen molar-refractivity contribution in [1.82, 2.24) is 0 Å². The Balaban J connectivity index is 2.98. The van der Waals surface area contributed by atoms with Crippen molar-refractivity contribution in [3.63, 3.8) is 0 Å². The molecule has 0 amide bonds. The van der Waals surface area contributed by atoms with Crippen molar-refractivity contribution in [2.75, 3.05) is 13.2 Å². The Morgan fingerprint density at radius 2 is 1.67 bits per heavy atom. The lowest BCUT2D eigenvalue weighted by Gasteiger charge is -2.10. The molecule has 24 heavy (non-hydrogen) atoms. The predicted octanol–water partition coefficient (Wildman–Crippen LogP) is 4.78. The highest BCUT2D eigenvalue weighted by molar-refractivity contribution is 5.94. The van der Waals surface area contributed by atoms with Crippen molar-refractivity contribution in [1.29, 1.82) is 0 Å². The Bertz CT molecular complexity index is 561. The Hall–Kier alpha value is -2.10. The van der Waals surface area contributed by atoms with Crippen LogP contribution in [0, 0.1) is 0 Å². The van der Waals surface area contributed by atoms with Gasteiger partial charge in [0.15, 0.2) is 0 Å². The fourth-order valence-corrected chi connectivity index (χ4v) is 2.43. The molecule has 0 aliphatic heterocycles. The van der Waals surface area contributed by atoms with Gasteiger partial charge in [0.1, 0.15) is 0 Å². The van der Waals surface area contributed by atoms with Gasteiger partial charge in [0, 0.05) is 6.08 Å². The Morgan fingerprint density at radius 1 is 0.958 bits per heavy atom. The van der Waals surface area contributed by atoms with Crippen molar-refractivity contribution in [3.05, 3.63) is 41.5 Å². The van der Waals surface area contributed by atoms with E-state index in [1.807, 2.05) is 12.1 Å². The van der Waals surface area contributed by atoms with E-state index in [4.69, 9.17) is 9.47 Å². The summed E-state index contributed by atoms with van der Waals surface area (Å²) >= 11 is 0. The number of hydrogen-bond acceptors (Lipinski definition) is 4. The lowest BCUT2D eigenvalue weighted by atomic mass is 9.97. The van der Waals surface area contributed by atoms with Crippen LogP contribution in [0.1, 0.15) is 68.8 Å². The van der Waals surface area contributed by atoms with Gasteiger partial charge in [0.25, 0.3) is 0 Å². The van der Waals surface area contributed by atoms with Gasteiger partial charge in [-0.25, -0.2) is 9.59 Å². The quantitative estimate of drug-likeness (QED) is 0.351. The summed E-state index contributed by atoms with van der Waals surface area (Å²) in [5, 5.41) is 0. The van der Waals surface area contributed by atoms with Crippen molar-refractivity contribution in [3.8, 4) is 0 Å². The van der Waals surface area contributed by atoms with E-state index in [2.05, 4.69) is 6.92 Å². The molecular formula is C20H28O4. The van der Waals surface area contributed by atoms with Gasteiger partial charge in [-0.1, -0.05) is 38.3 Å². The van der Waals surface area contributed by atoms with Crippen LogP contribution in [0.25, 0.3) is 5.57 Å². The van der Waals surface area contributed by atoms with Crippen LogP contribution in [-0.2, 0) is 14.3 Å². The number of ether oxygens (including phenoxy) is 2. The standard InChI is InChI=1S/C20H28O4/c1-4-7-8-9-11-17(15-19(21)23-5-2)16-12-10-13-18(14-16)20(22)24-6-3/h10,12-15H,4-9,11H2,1-3H3/b17-15-. The molecular weight excluding hydrogens is 304 g/mol. The van der Waals surface area contributed by atoms with E-state index < -0.39 is 0 Å². The molecule has 1 rings (SSSR count). The molecule has 0 aromatic heterocycles. The van der Waals surface area contributed by atoms with E-state index in [1.165, 1.54) is 6.42 Å². The Labute approximate surface area is 144 Å². The number of benzene rings is 1. The first-order valence-corrected chi connectivity index (χ1v) is 8.77. The maximum absolute atomic E-state index is 11.9. The summed E-state index contributed by atoms with van der Waals surface area (Å²) in [7, 11) is 0. The molecule has 0 aliphatic carbocycles. The van der Waals surface area contributed by atoms with E-state index in [9.17, 15) is 9.59 Å². The highest BCUT2D eigenvalue weighted by Gasteiger charge is 2.11. The number of hydrogen-bond donors (Lipinski definition) is 0. The molecule has 4 heteroatoms. The second-order valence-corrected chi connectivity index (χ2v) is 5.53. The molecule has 1 aromatic carbocycles. The fraction of sp³-hybridized carbons (Fsp3) is 0.500. The van der Waals surface area contributed by atoms with Crippen molar-refractivity contribution in [2.45, 2.75) is 52.9 Å². The van der Waals surface area contributed by atoms with Gasteiger partial charge in [-0.3, -0.25) is 0 Å². The molecule has 0 saturated carbocycles. The summed E-state index contributed by atoms with van der Waals surface area (Å²) in [6, 6.07) is 7.23. The molecule has 0 N–H and O–H groups in total. The van der Waals surface area contributed by atoms with E-state index in [-0.39, 0.29) is 11.9 Å². The molecule has 0 saturated heterocycles. The van der Waals surface area contributed by atoms with Gasteiger partial charge in [-0.15, -0.1) is 0 Å². The monoisotopic (exact) mass is 332 g/mol. The van der Waals surface area contributed by atoms with Crippen molar-refractivity contribution in [2.24, 2.45) is 0 Å². The Kier molecular flexibility index (Phi) is 9.51. The number of rotatable bonds is 10. The van der Waals surface area contributed by atoms with Crippen LogP contribution in [0.15, 0.2) is 30.3 Å². The topological polar surface area (TPSA) is 52.6 Å². The maximum Gasteiger partial charge on any atom is 0.338 e. The summed E-state index contributed by atoms with van der Waals surface area (Å²) in [6.45, 7) is 6.42. The van der Waals surface area contributed by atoms with Crippen LogP contribution in [0.2, 0.25) is 0 Å². The van der Waals surface area contributed by atoms with Gasteiger partial charge < -0.3 is 9.47 Å². The second kappa shape index (κ2) is 11.4. The van der Waals surface area contributed by atoms with E-state index in [1.54, 1.807) is 32.1 Å². The molecule has 0 heterocycles. The molecule has 0 bridgehead atoms. The molecule has 0 radical (unpaired) electrons. The summed E-state index contributed by atoms with van der Waals surface area (Å²) < 4.78 is 10.1. The minimum absolute atomic E-state index is 0.339. The molecule has 4 nitrogen and oxygen atoms in total. The molecule has 1 aromatic rings. The highest BCUT2D eigenvalue weighted by Crippen LogP contribution is 2.23. The first-order chi connectivity index (χ1) is 11.6. The van der Waals surface area contributed by atoms with Crippen molar-refractivity contribution < 1.29 is 19.1 Å². The minimum Gasteiger partial charge on any atom is -0.463 e. The predicted molar refractivity (Wildman–Crippen MR) is 95.8 cm³/mol. The molecule has 0 spiro atoms. The zero-order valence-electron chi connectivity index (χ0n) is 15.0. The van der Waals surface area contributed by atoms with Crippen LogP contribution in [0.5, 0.6) is 0 Å². The number of allylic oxidation sites excluding steroid dienone is 1. The van der Waals surface area contributed by atoms with Crippen LogP contribution in [0.3, 0.4) is 0 Å². The Morgan fingerprint density at radius 3 is 2.33 bits per heavy atom. The number of carbonyl (C=O) groups is 2. The summed E-state index contributed by atoms with van der Waals surface area (Å²) in [5.74, 6) is -0.689. The van der Waals surface area contributed by atoms with Crippen LogP contribution >= 0.6 is 0 Å². The smallest absolute Gasteiger partial charge is 0.338 e. The molecule has 0 atom stereocenters. The highest BCUT2D eigenvalue weighted by atomic mass is 16.5. The lowest BCUT2D eigenvalue weighted by molar-refractivity contribution is -0.137. The third kappa shape index (κ3) is 6.99. The first-order valence-electron chi connectivity index (χ1n) is 8.77. The summed E-state index contributed by atoms with van der Waals surface area (Å²) in [6.07, 6.45) is 6.78. The van der Waals surface area contributed by atoms with Gasteiger partial charge in [0.05, 0.1) is 18.8 Å². The number of carbonyl (C=O) groups excluding carboxylic acids is 2. The summed E-state index contributed by atoms with van der Waals surface area (Å²) in [4.78, 5) is 23.8. The average Bonchev–Trinajstić information content (AvgIpc) is 2.58. The summed E-state index contributed by atoms with van der Waals surface area (Å²) in [5.41, 5.74) is 2.26.